The van der Waals surface area contributed by atoms with Crippen molar-refractivity contribution in [2.24, 2.45) is 10.7 Å². The van der Waals surface area contributed by atoms with Crippen LogP contribution in [0.2, 0.25) is 0 Å². The van der Waals surface area contributed by atoms with E-state index in [0.717, 1.165) is 18.5 Å². The van der Waals surface area contributed by atoms with Crippen molar-refractivity contribution in [2.45, 2.75) is 25.8 Å². The highest BCUT2D eigenvalue weighted by molar-refractivity contribution is 9.10. The molecule has 0 saturated heterocycles. The van der Waals surface area contributed by atoms with Gasteiger partial charge in [-0.15, -0.1) is 0 Å². The number of halogens is 2. The van der Waals surface area contributed by atoms with Crippen LogP contribution in [0.5, 0.6) is 0 Å². The minimum atomic E-state index is -0.281. The molecule has 1 unspecified atom stereocenters. The Bertz CT molecular complexity index is 489. The Labute approximate surface area is 115 Å². The molecule has 0 radical (unpaired) electrons. The van der Waals surface area contributed by atoms with Crippen molar-refractivity contribution in [3.05, 3.63) is 34.1 Å². The lowest BCUT2D eigenvalue weighted by Crippen LogP contribution is -2.47. The molecule has 3 nitrogen and oxygen atoms in total. The van der Waals surface area contributed by atoms with Crippen molar-refractivity contribution in [1.82, 2.24) is 4.90 Å². The second-order valence-corrected chi connectivity index (χ2v) is 5.58. The van der Waals surface area contributed by atoms with Crippen LogP contribution in [-0.2, 0) is 5.54 Å². The highest BCUT2D eigenvalue weighted by Gasteiger charge is 2.39. The summed E-state index contributed by atoms with van der Waals surface area (Å²) in [7, 11) is 0. The van der Waals surface area contributed by atoms with E-state index in [4.69, 9.17) is 5.73 Å². The van der Waals surface area contributed by atoms with E-state index >= 15 is 0 Å². The van der Waals surface area contributed by atoms with Crippen LogP contribution in [0, 0.1) is 5.82 Å². The van der Waals surface area contributed by atoms with Gasteiger partial charge < -0.3 is 10.6 Å². The van der Waals surface area contributed by atoms with E-state index in [9.17, 15) is 4.39 Å². The second kappa shape index (κ2) is 4.88. The van der Waals surface area contributed by atoms with Gasteiger partial charge in [0.25, 0.3) is 0 Å². The number of hydrogen-bond acceptors (Lipinski definition) is 3. The zero-order chi connectivity index (χ0) is 13.3. The first-order valence-electron chi connectivity index (χ1n) is 6.02. The van der Waals surface area contributed by atoms with Gasteiger partial charge in [0.05, 0.1) is 16.6 Å². The van der Waals surface area contributed by atoms with E-state index in [-0.39, 0.29) is 11.4 Å². The second-order valence-electron chi connectivity index (χ2n) is 4.73. The first-order chi connectivity index (χ1) is 8.49. The molecule has 0 amide bonds. The first kappa shape index (κ1) is 13.3. The molecule has 0 aromatic heterocycles. The fourth-order valence-corrected chi connectivity index (χ4v) is 2.70. The molecule has 98 valence electrons. The fraction of sp³-hybridized carbons (Fsp3) is 0.462. The molecule has 1 aromatic rings. The van der Waals surface area contributed by atoms with Crippen LogP contribution < -0.4 is 5.73 Å². The fourth-order valence-electron chi connectivity index (χ4n) is 2.32. The third-order valence-corrected chi connectivity index (χ3v) is 4.02. The summed E-state index contributed by atoms with van der Waals surface area (Å²) < 4.78 is 13.8. The maximum absolute atomic E-state index is 13.3. The Balaban J connectivity index is 2.38. The van der Waals surface area contributed by atoms with Crippen molar-refractivity contribution < 1.29 is 4.39 Å². The Hall–Kier alpha value is -1.10. The zero-order valence-electron chi connectivity index (χ0n) is 10.6. The largest absolute Gasteiger partial charge is 0.370 e. The summed E-state index contributed by atoms with van der Waals surface area (Å²) in [5.74, 6) is 0.316. The lowest BCUT2D eigenvalue weighted by Gasteiger charge is -2.36. The third-order valence-electron chi connectivity index (χ3n) is 3.41. The van der Waals surface area contributed by atoms with Gasteiger partial charge in [0.1, 0.15) is 5.82 Å². The molecule has 1 aliphatic rings. The molecule has 18 heavy (non-hydrogen) atoms. The van der Waals surface area contributed by atoms with Gasteiger partial charge in [-0.05, 0) is 47.0 Å². The standard InChI is InChI=1S/C13H17BrFN3/c1-3-6-18-12(16)17-8-13(18,2)9-4-5-11(15)10(14)7-9/h4-5,7H,3,6,8H2,1-2H3,(H2,16,17). The number of rotatable bonds is 3. The molecule has 0 saturated carbocycles. The summed E-state index contributed by atoms with van der Waals surface area (Å²) in [6.45, 7) is 5.65. The summed E-state index contributed by atoms with van der Waals surface area (Å²) >= 11 is 3.23. The zero-order valence-corrected chi connectivity index (χ0v) is 12.2. The topological polar surface area (TPSA) is 41.6 Å². The molecule has 0 spiro atoms. The maximum Gasteiger partial charge on any atom is 0.192 e. The summed E-state index contributed by atoms with van der Waals surface area (Å²) in [6, 6.07) is 5.09. The molecular formula is C13H17BrFN3. The molecule has 0 bridgehead atoms. The number of guanidine groups is 1. The van der Waals surface area contributed by atoms with Gasteiger partial charge in [-0.2, -0.15) is 0 Å². The van der Waals surface area contributed by atoms with E-state index in [1.165, 1.54) is 6.07 Å². The first-order valence-corrected chi connectivity index (χ1v) is 6.81. The minimum Gasteiger partial charge on any atom is -0.370 e. The molecule has 1 aliphatic heterocycles. The molecule has 0 fully saturated rings. The summed E-state index contributed by atoms with van der Waals surface area (Å²) in [5.41, 5.74) is 6.68. The number of benzene rings is 1. The lowest BCUT2D eigenvalue weighted by atomic mass is 9.91. The summed E-state index contributed by atoms with van der Waals surface area (Å²) in [6.07, 6.45) is 0.994. The van der Waals surface area contributed by atoms with Crippen LogP contribution in [-0.4, -0.2) is 23.9 Å². The van der Waals surface area contributed by atoms with E-state index in [1.807, 2.05) is 6.07 Å². The maximum atomic E-state index is 13.3. The Kier molecular flexibility index (Phi) is 3.61. The SMILES string of the molecule is CCCN1C(N)=NCC1(C)c1ccc(F)c(Br)c1. The quantitative estimate of drug-likeness (QED) is 0.932. The average molecular weight is 314 g/mol. The Morgan fingerprint density at radius 2 is 2.28 bits per heavy atom. The van der Waals surface area contributed by atoms with Gasteiger partial charge in [0.15, 0.2) is 5.96 Å². The normalized spacial score (nSPS) is 23.3. The van der Waals surface area contributed by atoms with Crippen LogP contribution in [0.15, 0.2) is 27.7 Å². The number of nitrogens with zero attached hydrogens (tertiary/aromatic N) is 2. The number of aliphatic imine (C=N–C) groups is 1. The number of nitrogens with two attached hydrogens (primary N) is 1. The van der Waals surface area contributed by atoms with Gasteiger partial charge in [-0.1, -0.05) is 13.0 Å². The van der Waals surface area contributed by atoms with Crippen molar-refractivity contribution >= 4 is 21.9 Å². The molecule has 2 rings (SSSR count). The molecule has 1 atom stereocenters. The predicted molar refractivity (Wildman–Crippen MR) is 74.9 cm³/mol. The van der Waals surface area contributed by atoms with E-state index in [2.05, 4.69) is 39.7 Å². The molecule has 0 aliphatic carbocycles. The van der Waals surface area contributed by atoms with Crippen molar-refractivity contribution in [3.8, 4) is 0 Å². The van der Waals surface area contributed by atoms with Crippen LogP contribution in [0.4, 0.5) is 4.39 Å². The molecule has 1 aromatic carbocycles. The molecule has 2 N–H and O–H groups in total. The number of hydrogen-bond donors (Lipinski definition) is 1. The van der Waals surface area contributed by atoms with Crippen molar-refractivity contribution in [3.63, 3.8) is 0 Å². The summed E-state index contributed by atoms with van der Waals surface area (Å²) in [4.78, 5) is 6.42. The molecular weight excluding hydrogens is 297 g/mol. The smallest absolute Gasteiger partial charge is 0.192 e. The minimum absolute atomic E-state index is 0.253. The van der Waals surface area contributed by atoms with Gasteiger partial charge >= 0.3 is 0 Å². The van der Waals surface area contributed by atoms with Gasteiger partial charge in [0.2, 0.25) is 0 Å². The van der Waals surface area contributed by atoms with Gasteiger partial charge in [0, 0.05) is 6.54 Å². The summed E-state index contributed by atoms with van der Waals surface area (Å²) in [5, 5.41) is 0. The molecule has 1 heterocycles. The predicted octanol–water partition coefficient (Wildman–Crippen LogP) is 2.84. The van der Waals surface area contributed by atoms with Crippen LogP contribution in [0.3, 0.4) is 0 Å². The Morgan fingerprint density at radius 1 is 1.56 bits per heavy atom. The monoisotopic (exact) mass is 313 g/mol. The molecule has 5 heteroatoms. The van der Waals surface area contributed by atoms with Gasteiger partial charge in [-0.3, -0.25) is 4.99 Å². The van der Waals surface area contributed by atoms with Gasteiger partial charge in [-0.25, -0.2) is 4.39 Å². The Morgan fingerprint density at radius 3 is 2.89 bits per heavy atom. The van der Waals surface area contributed by atoms with Crippen molar-refractivity contribution in [2.75, 3.05) is 13.1 Å². The highest BCUT2D eigenvalue weighted by atomic mass is 79.9. The highest BCUT2D eigenvalue weighted by Crippen LogP contribution is 2.34. The van der Waals surface area contributed by atoms with E-state index in [1.54, 1.807) is 6.07 Å². The van der Waals surface area contributed by atoms with Crippen LogP contribution in [0.25, 0.3) is 0 Å². The van der Waals surface area contributed by atoms with Crippen LogP contribution in [0.1, 0.15) is 25.8 Å². The average Bonchev–Trinajstić information content (AvgIpc) is 2.62. The third kappa shape index (κ3) is 2.11. The van der Waals surface area contributed by atoms with Crippen LogP contribution >= 0.6 is 15.9 Å². The van der Waals surface area contributed by atoms with Crippen molar-refractivity contribution in [1.29, 1.82) is 0 Å². The van der Waals surface area contributed by atoms with E-state index in [0.29, 0.717) is 17.0 Å². The van der Waals surface area contributed by atoms with E-state index < -0.39 is 0 Å². The lowest BCUT2D eigenvalue weighted by molar-refractivity contribution is 0.225.